The average molecular weight is 259 g/mol. The Balaban J connectivity index is 2.02. The molecule has 0 unspecified atom stereocenters. The number of nitrogens with zero attached hydrogens (tertiary/aromatic N) is 1. The summed E-state index contributed by atoms with van der Waals surface area (Å²) in [4.78, 5) is 15.3. The lowest BCUT2D eigenvalue weighted by Gasteiger charge is -2.12. The zero-order valence-corrected chi connectivity index (χ0v) is 9.80. The minimum Gasteiger partial charge on any atom is -0.396 e. The third-order valence-electron chi connectivity index (χ3n) is 2.97. The smallest absolute Gasteiger partial charge is 0.254 e. The van der Waals surface area contributed by atoms with E-state index >= 15 is 0 Å². The van der Waals surface area contributed by atoms with Gasteiger partial charge >= 0.3 is 0 Å². The van der Waals surface area contributed by atoms with Crippen LogP contribution in [0.4, 0.5) is 4.39 Å². The molecule has 0 atom stereocenters. The van der Waals surface area contributed by atoms with Crippen LogP contribution in [0, 0.1) is 11.2 Å². The van der Waals surface area contributed by atoms with Crippen molar-refractivity contribution in [2.75, 3.05) is 13.2 Å². The first-order valence-corrected chi connectivity index (χ1v) is 5.64. The maximum Gasteiger partial charge on any atom is 0.254 e. The summed E-state index contributed by atoms with van der Waals surface area (Å²) in [6, 6.07) is 1.04. The molecular weight excluding hydrogens is 247 g/mol. The number of rotatable bonds is 4. The molecule has 0 saturated heterocycles. The van der Waals surface area contributed by atoms with Gasteiger partial charge in [0.05, 0.1) is 18.4 Å². The lowest BCUT2D eigenvalue weighted by atomic mass is 10.1. The molecule has 17 heavy (non-hydrogen) atoms. The van der Waals surface area contributed by atoms with Gasteiger partial charge < -0.3 is 10.4 Å². The zero-order chi connectivity index (χ0) is 12.5. The predicted octanol–water partition coefficient (Wildman–Crippen LogP) is 1.38. The number of nitrogens with one attached hydrogen (secondary N) is 1. The van der Waals surface area contributed by atoms with E-state index in [-0.39, 0.29) is 22.7 Å². The van der Waals surface area contributed by atoms with Crippen molar-refractivity contribution in [1.29, 1.82) is 0 Å². The molecule has 0 radical (unpaired) electrons. The van der Waals surface area contributed by atoms with Crippen molar-refractivity contribution in [3.05, 3.63) is 28.8 Å². The van der Waals surface area contributed by atoms with E-state index in [1.807, 2.05) is 0 Å². The van der Waals surface area contributed by atoms with Crippen molar-refractivity contribution in [2.24, 2.45) is 5.41 Å². The normalized spacial score (nSPS) is 16.6. The Morgan fingerprint density at radius 1 is 1.65 bits per heavy atom. The number of halogens is 2. The molecule has 1 saturated carbocycles. The van der Waals surface area contributed by atoms with Crippen molar-refractivity contribution in [1.82, 2.24) is 10.3 Å². The summed E-state index contributed by atoms with van der Waals surface area (Å²) in [5.74, 6) is -1.08. The van der Waals surface area contributed by atoms with Gasteiger partial charge in [-0.25, -0.2) is 9.37 Å². The number of aliphatic hydroxyl groups is 1. The Morgan fingerprint density at radius 2 is 2.35 bits per heavy atom. The van der Waals surface area contributed by atoms with Crippen LogP contribution in [0.5, 0.6) is 0 Å². The number of amides is 1. The van der Waals surface area contributed by atoms with Gasteiger partial charge in [-0.05, 0) is 18.9 Å². The molecule has 1 aliphatic carbocycles. The van der Waals surface area contributed by atoms with Gasteiger partial charge in [-0.15, -0.1) is 0 Å². The number of carbonyl (C=O) groups excluding carboxylic acids is 1. The molecule has 2 rings (SSSR count). The van der Waals surface area contributed by atoms with Crippen LogP contribution in [-0.4, -0.2) is 29.1 Å². The van der Waals surface area contributed by atoms with Crippen LogP contribution in [0.1, 0.15) is 23.2 Å². The first kappa shape index (κ1) is 12.3. The molecule has 0 aromatic carbocycles. The highest BCUT2D eigenvalue weighted by Gasteiger charge is 2.42. The summed E-state index contributed by atoms with van der Waals surface area (Å²) < 4.78 is 12.9. The standard InChI is InChI=1S/C11H12ClFN2O2/c12-9-8(3-7(13)4-14-9)10(17)15-5-11(6-16)1-2-11/h3-4,16H,1-2,5-6H2,(H,15,17). The summed E-state index contributed by atoms with van der Waals surface area (Å²) in [5.41, 5.74) is -0.177. The van der Waals surface area contributed by atoms with Crippen LogP contribution in [0.15, 0.2) is 12.3 Å². The Hall–Kier alpha value is -1.20. The fourth-order valence-electron chi connectivity index (χ4n) is 1.51. The van der Waals surface area contributed by atoms with Crippen LogP contribution in [0.2, 0.25) is 5.15 Å². The molecule has 1 aliphatic rings. The molecule has 1 amide bonds. The van der Waals surface area contributed by atoms with Crippen molar-refractivity contribution < 1.29 is 14.3 Å². The van der Waals surface area contributed by atoms with Crippen molar-refractivity contribution in [3.63, 3.8) is 0 Å². The van der Waals surface area contributed by atoms with E-state index in [0.717, 1.165) is 25.1 Å². The number of hydrogen-bond donors (Lipinski definition) is 2. The van der Waals surface area contributed by atoms with Crippen LogP contribution < -0.4 is 5.32 Å². The van der Waals surface area contributed by atoms with Crippen LogP contribution in [0.3, 0.4) is 0 Å². The molecular formula is C11H12ClFN2O2. The predicted molar refractivity (Wildman–Crippen MR) is 60.3 cm³/mol. The highest BCUT2D eigenvalue weighted by molar-refractivity contribution is 6.32. The van der Waals surface area contributed by atoms with Crippen molar-refractivity contribution >= 4 is 17.5 Å². The fraction of sp³-hybridized carbons (Fsp3) is 0.455. The Kier molecular flexibility index (Phi) is 3.31. The quantitative estimate of drug-likeness (QED) is 0.802. The van der Waals surface area contributed by atoms with Crippen molar-refractivity contribution in [2.45, 2.75) is 12.8 Å². The highest BCUT2D eigenvalue weighted by atomic mass is 35.5. The third kappa shape index (κ3) is 2.73. The molecule has 2 N–H and O–H groups in total. The summed E-state index contributed by atoms with van der Waals surface area (Å²) in [6.07, 6.45) is 2.73. The molecule has 1 fully saturated rings. The van der Waals surface area contributed by atoms with Gasteiger partial charge in [-0.3, -0.25) is 4.79 Å². The van der Waals surface area contributed by atoms with E-state index in [9.17, 15) is 9.18 Å². The number of hydrogen-bond acceptors (Lipinski definition) is 3. The summed E-state index contributed by atoms with van der Waals surface area (Å²) in [5, 5.41) is 11.7. The number of carbonyl (C=O) groups is 1. The molecule has 6 heteroatoms. The monoisotopic (exact) mass is 258 g/mol. The molecule has 0 spiro atoms. The average Bonchev–Trinajstić information content (AvgIpc) is 3.10. The second kappa shape index (κ2) is 4.58. The highest BCUT2D eigenvalue weighted by Crippen LogP contribution is 2.44. The Bertz CT molecular complexity index is 449. The lowest BCUT2D eigenvalue weighted by molar-refractivity contribution is 0.0934. The maximum absolute atomic E-state index is 12.9. The molecule has 0 aliphatic heterocycles. The summed E-state index contributed by atoms with van der Waals surface area (Å²) in [7, 11) is 0. The van der Waals surface area contributed by atoms with Crippen molar-refractivity contribution in [3.8, 4) is 0 Å². The van der Waals surface area contributed by atoms with Gasteiger partial charge in [-0.1, -0.05) is 11.6 Å². The Labute approximate surface area is 103 Å². The van der Waals surface area contributed by atoms with Crippen LogP contribution in [-0.2, 0) is 0 Å². The molecule has 4 nitrogen and oxygen atoms in total. The number of aliphatic hydroxyl groups excluding tert-OH is 1. The van der Waals surface area contributed by atoms with Crippen LogP contribution in [0.25, 0.3) is 0 Å². The zero-order valence-electron chi connectivity index (χ0n) is 9.04. The Morgan fingerprint density at radius 3 is 2.94 bits per heavy atom. The second-order valence-corrected chi connectivity index (χ2v) is 4.69. The van der Waals surface area contributed by atoms with Gasteiger partial charge in [0, 0.05) is 12.0 Å². The van der Waals surface area contributed by atoms with Gasteiger partial charge in [0.1, 0.15) is 11.0 Å². The van der Waals surface area contributed by atoms with E-state index in [2.05, 4.69) is 10.3 Å². The fourth-order valence-corrected chi connectivity index (χ4v) is 1.70. The molecule has 1 aromatic rings. The minimum absolute atomic E-state index is 0.0143. The summed E-state index contributed by atoms with van der Waals surface area (Å²) in [6.45, 7) is 0.414. The van der Waals surface area contributed by atoms with Crippen LogP contribution >= 0.6 is 11.6 Å². The van der Waals surface area contributed by atoms with Gasteiger partial charge in [0.15, 0.2) is 0 Å². The second-order valence-electron chi connectivity index (χ2n) is 4.33. The first-order valence-electron chi connectivity index (χ1n) is 5.26. The van der Waals surface area contributed by atoms with E-state index in [0.29, 0.717) is 6.54 Å². The van der Waals surface area contributed by atoms with E-state index in [1.54, 1.807) is 0 Å². The first-order chi connectivity index (χ1) is 8.06. The number of pyridine rings is 1. The molecule has 1 aromatic heterocycles. The molecule has 0 bridgehead atoms. The van der Waals surface area contributed by atoms with E-state index < -0.39 is 11.7 Å². The maximum atomic E-state index is 12.9. The molecule has 1 heterocycles. The number of aromatic nitrogens is 1. The lowest BCUT2D eigenvalue weighted by Crippen LogP contribution is -2.32. The minimum atomic E-state index is -0.608. The SMILES string of the molecule is O=C(NCC1(CO)CC1)c1cc(F)cnc1Cl. The summed E-state index contributed by atoms with van der Waals surface area (Å²) >= 11 is 5.70. The van der Waals surface area contributed by atoms with Gasteiger partial charge in [-0.2, -0.15) is 0 Å². The van der Waals surface area contributed by atoms with Gasteiger partial charge in [0.25, 0.3) is 5.91 Å². The largest absolute Gasteiger partial charge is 0.396 e. The molecule has 92 valence electrons. The third-order valence-corrected chi connectivity index (χ3v) is 3.27. The van der Waals surface area contributed by atoms with E-state index in [1.165, 1.54) is 0 Å². The topological polar surface area (TPSA) is 62.2 Å². The van der Waals surface area contributed by atoms with Gasteiger partial charge in [0.2, 0.25) is 0 Å². The van der Waals surface area contributed by atoms with E-state index in [4.69, 9.17) is 16.7 Å².